The van der Waals surface area contributed by atoms with Crippen LogP contribution in [0.1, 0.15) is 12.8 Å². The number of amides is 1. The van der Waals surface area contributed by atoms with Gasteiger partial charge in [0, 0.05) is 13.0 Å². The lowest BCUT2D eigenvalue weighted by Crippen LogP contribution is -2.41. The van der Waals surface area contributed by atoms with E-state index in [4.69, 9.17) is 16.3 Å². The van der Waals surface area contributed by atoms with Gasteiger partial charge in [0.15, 0.2) is 0 Å². The lowest BCUT2D eigenvalue weighted by Gasteiger charge is -2.08. The molecule has 0 unspecified atom stereocenters. The summed E-state index contributed by atoms with van der Waals surface area (Å²) >= 11 is 0. The largest absolute Gasteiger partial charge is 0.449 e. The predicted octanol–water partition coefficient (Wildman–Crippen LogP) is -1.03. The second kappa shape index (κ2) is 10.6. The van der Waals surface area contributed by atoms with Crippen LogP contribution in [0.25, 0.3) is 0 Å². The first-order valence-electron chi connectivity index (χ1n) is 5.58. The summed E-state index contributed by atoms with van der Waals surface area (Å²) in [5, 5.41) is 8.42. The van der Waals surface area contributed by atoms with Gasteiger partial charge in [-0.2, -0.15) is 13.1 Å². The standard InChI is InChI=1S/C10H18N2O6S/c1-2-3-4-7-18-10(14)12-19(15,16)11-5-8-17-9-6-13/h1,11,13H,3-9H2,(H,12,14). The van der Waals surface area contributed by atoms with Gasteiger partial charge in [0.2, 0.25) is 0 Å². The number of terminal acetylenes is 1. The molecule has 0 atom stereocenters. The highest BCUT2D eigenvalue weighted by Gasteiger charge is 2.14. The molecule has 8 nitrogen and oxygen atoms in total. The summed E-state index contributed by atoms with van der Waals surface area (Å²) in [5.41, 5.74) is 0. The van der Waals surface area contributed by atoms with Crippen molar-refractivity contribution in [2.24, 2.45) is 0 Å². The molecule has 0 aliphatic carbocycles. The number of carbonyl (C=O) groups is 1. The molecule has 0 aliphatic rings. The molecule has 9 heteroatoms. The average Bonchev–Trinajstić information content (AvgIpc) is 2.34. The van der Waals surface area contributed by atoms with Crippen molar-refractivity contribution in [1.29, 1.82) is 0 Å². The molecule has 0 saturated carbocycles. The van der Waals surface area contributed by atoms with E-state index in [1.54, 1.807) is 4.72 Å². The van der Waals surface area contributed by atoms with Gasteiger partial charge in [-0.1, -0.05) is 0 Å². The first kappa shape index (κ1) is 17.7. The fraction of sp³-hybridized carbons (Fsp3) is 0.700. The highest BCUT2D eigenvalue weighted by Crippen LogP contribution is 1.89. The van der Waals surface area contributed by atoms with Gasteiger partial charge >= 0.3 is 16.3 Å². The second-order valence-electron chi connectivity index (χ2n) is 3.28. The predicted molar refractivity (Wildman–Crippen MR) is 67.4 cm³/mol. The summed E-state index contributed by atoms with van der Waals surface area (Å²) in [6, 6.07) is 0. The quantitative estimate of drug-likeness (QED) is 0.351. The first-order chi connectivity index (χ1) is 9.02. The zero-order valence-electron chi connectivity index (χ0n) is 10.4. The Hall–Kier alpha value is -1.34. The normalized spacial score (nSPS) is 10.7. The minimum Gasteiger partial charge on any atom is -0.449 e. The smallest absolute Gasteiger partial charge is 0.421 e. The number of rotatable bonds is 10. The number of aliphatic hydroxyl groups is 1. The zero-order valence-corrected chi connectivity index (χ0v) is 11.2. The van der Waals surface area contributed by atoms with Crippen LogP contribution in [0.2, 0.25) is 0 Å². The van der Waals surface area contributed by atoms with Crippen LogP contribution in [0.3, 0.4) is 0 Å². The van der Waals surface area contributed by atoms with Crippen molar-refractivity contribution in [2.45, 2.75) is 12.8 Å². The van der Waals surface area contributed by atoms with E-state index in [1.165, 1.54) is 0 Å². The first-order valence-corrected chi connectivity index (χ1v) is 7.06. The monoisotopic (exact) mass is 294 g/mol. The van der Waals surface area contributed by atoms with Crippen molar-refractivity contribution < 1.29 is 27.8 Å². The second-order valence-corrected chi connectivity index (χ2v) is 4.78. The van der Waals surface area contributed by atoms with Crippen molar-refractivity contribution in [3.8, 4) is 12.3 Å². The SMILES string of the molecule is C#CCCCOC(=O)NS(=O)(=O)NCCOCCO. The van der Waals surface area contributed by atoms with Crippen LogP contribution in [-0.4, -0.2) is 52.6 Å². The van der Waals surface area contributed by atoms with Gasteiger partial charge in [0.1, 0.15) is 0 Å². The number of ether oxygens (including phenoxy) is 2. The number of hydrogen-bond acceptors (Lipinski definition) is 6. The summed E-state index contributed by atoms with van der Waals surface area (Å²) in [4.78, 5) is 11.1. The third kappa shape index (κ3) is 11.5. The average molecular weight is 294 g/mol. The van der Waals surface area contributed by atoms with E-state index in [0.29, 0.717) is 12.8 Å². The molecule has 19 heavy (non-hydrogen) atoms. The van der Waals surface area contributed by atoms with E-state index in [1.807, 2.05) is 0 Å². The molecular formula is C10H18N2O6S. The number of hydrogen-bond donors (Lipinski definition) is 3. The Balaban J connectivity index is 3.76. The number of aliphatic hydroxyl groups excluding tert-OH is 1. The lowest BCUT2D eigenvalue weighted by molar-refractivity contribution is 0.0961. The van der Waals surface area contributed by atoms with Crippen LogP contribution in [0, 0.1) is 12.3 Å². The molecule has 110 valence electrons. The molecule has 0 radical (unpaired) electrons. The van der Waals surface area contributed by atoms with Crippen LogP contribution in [0.15, 0.2) is 0 Å². The van der Waals surface area contributed by atoms with Gasteiger partial charge in [0.05, 0.1) is 26.4 Å². The zero-order chi connectivity index (χ0) is 14.6. The Labute approximate surface area is 112 Å². The van der Waals surface area contributed by atoms with Crippen molar-refractivity contribution in [3.63, 3.8) is 0 Å². The van der Waals surface area contributed by atoms with Gasteiger partial charge in [-0.15, -0.1) is 12.3 Å². The number of nitrogens with one attached hydrogen (secondary N) is 2. The van der Waals surface area contributed by atoms with Gasteiger partial charge < -0.3 is 14.6 Å². The fourth-order valence-corrected chi connectivity index (χ4v) is 1.63. The Kier molecular flexibility index (Phi) is 9.82. The molecule has 0 heterocycles. The van der Waals surface area contributed by atoms with Crippen molar-refractivity contribution in [3.05, 3.63) is 0 Å². The molecule has 0 rings (SSSR count). The third-order valence-electron chi connectivity index (χ3n) is 1.69. The van der Waals surface area contributed by atoms with Crippen LogP contribution in [-0.2, 0) is 19.7 Å². The molecule has 3 N–H and O–H groups in total. The number of carbonyl (C=O) groups excluding carboxylic acids is 1. The van der Waals surface area contributed by atoms with Crippen molar-refractivity contribution in [1.82, 2.24) is 9.44 Å². The maximum atomic E-state index is 11.3. The maximum Gasteiger partial charge on any atom is 0.421 e. The van der Waals surface area contributed by atoms with Gasteiger partial charge in [-0.25, -0.2) is 9.52 Å². The Bertz CT molecular complexity index is 389. The minimum atomic E-state index is -3.97. The van der Waals surface area contributed by atoms with Gasteiger partial charge in [0.25, 0.3) is 0 Å². The van der Waals surface area contributed by atoms with E-state index >= 15 is 0 Å². The molecule has 0 bridgehead atoms. The Morgan fingerprint density at radius 1 is 1.32 bits per heavy atom. The summed E-state index contributed by atoms with van der Waals surface area (Å²) in [5.74, 6) is 2.36. The fourth-order valence-electron chi connectivity index (χ4n) is 0.929. The minimum absolute atomic E-state index is 0.0281. The Morgan fingerprint density at radius 3 is 2.68 bits per heavy atom. The van der Waals surface area contributed by atoms with E-state index in [-0.39, 0.29) is 33.0 Å². The van der Waals surface area contributed by atoms with E-state index in [9.17, 15) is 13.2 Å². The summed E-state index contributed by atoms with van der Waals surface area (Å²) in [6.45, 7) is 0.0743. The van der Waals surface area contributed by atoms with Gasteiger partial charge in [-0.05, 0) is 6.42 Å². The summed E-state index contributed by atoms with van der Waals surface area (Å²) in [6.07, 6.45) is 4.84. The summed E-state index contributed by atoms with van der Waals surface area (Å²) in [7, 11) is -3.97. The Morgan fingerprint density at radius 2 is 2.05 bits per heavy atom. The highest BCUT2D eigenvalue weighted by atomic mass is 32.2. The van der Waals surface area contributed by atoms with Crippen LogP contribution in [0.4, 0.5) is 4.79 Å². The van der Waals surface area contributed by atoms with E-state index < -0.39 is 16.3 Å². The molecular weight excluding hydrogens is 276 g/mol. The molecule has 1 amide bonds. The third-order valence-corrected chi connectivity index (χ3v) is 2.71. The van der Waals surface area contributed by atoms with Crippen LogP contribution in [0.5, 0.6) is 0 Å². The topological polar surface area (TPSA) is 114 Å². The van der Waals surface area contributed by atoms with E-state index in [2.05, 4.69) is 15.4 Å². The molecule has 0 aromatic heterocycles. The van der Waals surface area contributed by atoms with Gasteiger partial charge in [-0.3, -0.25) is 0 Å². The lowest BCUT2D eigenvalue weighted by atomic mass is 10.3. The van der Waals surface area contributed by atoms with Crippen LogP contribution >= 0.6 is 0 Å². The molecule has 0 spiro atoms. The molecule has 0 saturated heterocycles. The molecule has 0 aliphatic heterocycles. The number of unbranched alkanes of at least 4 members (excludes halogenated alkanes) is 1. The summed E-state index contributed by atoms with van der Waals surface area (Å²) < 4.78 is 35.8. The maximum absolute atomic E-state index is 11.3. The van der Waals surface area contributed by atoms with E-state index in [0.717, 1.165) is 0 Å². The van der Waals surface area contributed by atoms with Crippen LogP contribution < -0.4 is 9.44 Å². The molecule has 0 aromatic carbocycles. The van der Waals surface area contributed by atoms with Crippen molar-refractivity contribution in [2.75, 3.05) is 33.0 Å². The molecule has 0 aromatic rings. The molecule has 0 fully saturated rings. The highest BCUT2D eigenvalue weighted by molar-refractivity contribution is 7.88. The van der Waals surface area contributed by atoms with Crippen molar-refractivity contribution >= 4 is 16.3 Å².